The standard InChI is InChI=1S/C19H24NO2/c1-2-4-13(3-1)7-15-16-10-20(11-17(15)16)9-14-5-6-18-19(8-14)22-12-21-18/h1,5-6,8,13,15-17H,2-4,7,9-12H2. The summed E-state index contributed by atoms with van der Waals surface area (Å²) in [5, 5.41) is 0. The highest BCUT2D eigenvalue weighted by Gasteiger charge is 2.55. The topological polar surface area (TPSA) is 21.7 Å². The summed E-state index contributed by atoms with van der Waals surface area (Å²) in [5.41, 5.74) is 1.35. The van der Waals surface area contributed by atoms with E-state index >= 15 is 0 Å². The Bertz CT molecular complexity index is 555. The lowest BCUT2D eigenvalue weighted by atomic mass is 9.98. The lowest BCUT2D eigenvalue weighted by Gasteiger charge is -2.20. The van der Waals surface area contributed by atoms with Crippen LogP contribution in [0.2, 0.25) is 0 Å². The van der Waals surface area contributed by atoms with Gasteiger partial charge in [-0.25, -0.2) is 0 Å². The highest BCUT2D eigenvalue weighted by Crippen LogP contribution is 2.56. The Balaban J connectivity index is 1.15. The quantitative estimate of drug-likeness (QED) is 0.849. The van der Waals surface area contributed by atoms with Crippen molar-refractivity contribution in [3.05, 3.63) is 30.2 Å². The fourth-order valence-electron chi connectivity index (χ4n) is 4.94. The molecule has 4 aliphatic rings. The number of nitrogens with zero attached hydrogens (tertiary/aromatic N) is 1. The number of piperidine rings is 1. The Labute approximate surface area is 132 Å². The van der Waals surface area contributed by atoms with Crippen LogP contribution in [0.25, 0.3) is 0 Å². The van der Waals surface area contributed by atoms with Crippen molar-refractivity contribution in [2.75, 3.05) is 19.9 Å². The van der Waals surface area contributed by atoms with Gasteiger partial charge in [0.2, 0.25) is 6.79 Å². The summed E-state index contributed by atoms with van der Waals surface area (Å²) in [6.45, 7) is 4.04. The van der Waals surface area contributed by atoms with Gasteiger partial charge in [-0.05, 0) is 67.1 Å². The molecule has 2 saturated carbocycles. The first-order valence-electron chi connectivity index (χ1n) is 8.79. The van der Waals surface area contributed by atoms with Crippen LogP contribution in [0.3, 0.4) is 0 Å². The fourth-order valence-corrected chi connectivity index (χ4v) is 4.94. The molecule has 0 bridgehead atoms. The second-order valence-corrected chi connectivity index (χ2v) is 7.58. The molecule has 3 fully saturated rings. The second-order valence-electron chi connectivity index (χ2n) is 7.58. The van der Waals surface area contributed by atoms with Crippen LogP contribution in [-0.2, 0) is 6.54 Å². The lowest BCUT2D eigenvalue weighted by molar-refractivity contribution is 0.174. The van der Waals surface area contributed by atoms with Crippen molar-refractivity contribution in [3.8, 4) is 11.5 Å². The monoisotopic (exact) mass is 298 g/mol. The maximum atomic E-state index is 5.48. The minimum atomic E-state index is 0.368. The van der Waals surface area contributed by atoms with Crippen molar-refractivity contribution in [1.29, 1.82) is 0 Å². The van der Waals surface area contributed by atoms with Crippen LogP contribution in [-0.4, -0.2) is 24.8 Å². The van der Waals surface area contributed by atoms with Gasteiger partial charge in [-0.15, -0.1) is 0 Å². The molecule has 2 aliphatic carbocycles. The first-order chi connectivity index (χ1) is 10.9. The van der Waals surface area contributed by atoms with Gasteiger partial charge in [0, 0.05) is 19.6 Å². The second kappa shape index (κ2) is 5.16. The van der Waals surface area contributed by atoms with Gasteiger partial charge in [0.1, 0.15) is 0 Å². The number of fused-ring (bicyclic) bond motifs is 2. The average molecular weight is 298 g/mol. The molecule has 0 amide bonds. The van der Waals surface area contributed by atoms with Crippen LogP contribution >= 0.6 is 0 Å². The maximum absolute atomic E-state index is 5.48. The summed E-state index contributed by atoms with van der Waals surface area (Å²) >= 11 is 0. The van der Waals surface area contributed by atoms with Gasteiger partial charge in [-0.1, -0.05) is 12.5 Å². The molecule has 2 aliphatic heterocycles. The minimum Gasteiger partial charge on any atom is -0.454 e. The predicted octanol–water partition coefficient (Wildman–Crippen LogP) is 3.49. The maximum Gasteiger partial charge on any atom is 0.231 e. The summed E-state index contributed by atoms with van der Waals surface area (Å²) in [4.78, 5) is 2.63. The molecule has 1 aromatic rings. The average Bonchev–Trinajstić information content (AvgIpc) is 3.03. The van der Waals surface area contributed by atoms with E-state index in [2.05, 4.69) is 23.5 Å². The Kier molecular flexibility index (Phi) is 3.10. The normalized spacial score (nSPS) is 33.4. The zero-order chi connectivity index (χ0) is 14.5. The summed E-state index contributed by atoms with van der Waals surface area (Å²) in [6.07, 6.45) is 8.20. The van der Waals surface area contributed by atoms with Crippen LogP contribution in [0.5, 0.6) is 11.5 Å². The molecule has 1 radical (unpaired) electrons. The molecule has 0 spiro atoms. The van der Waals surface area contributed by atoms with Gasteiger partial charge < -0.3 is 9.47 Å². The van der Waals surface area contributed by atoms with Crippen molar-refractivity contribution >= 4 is 0 Å². The van der Waals surface area contributed by atoms with Gasteiger partial charge in [-0.2, -0.15) is 0 Å². The number of hydrogen-bond acceptors (Lipinski definition) is 3. The van der Waals surface area contributed by atoms with E-state index in [9.17, 15) is 0 Å². The predicted molar refractivity (Wildman–Crippen MR) is 84.6 cm³/mol. The molecule has 3 heteroatoms. The van der Waals surface area contributed by atoms with Crippen LogP contribution in [0, 0.1) is 30.1 Å². The SMILES string of the molecule is [CH]1CCC(CC2C3CN(Cc4ccc5c(c4)OCO5)CC23)C1. The molecular weight excluding hydrogens is 274 g/mol. The van der Waals surface area contributed by atoms with Crippen molar-refractivity contribution in [1.82, 2.24) is 4.90 Å². The molecular formula is C19H24NO2. The number of hydrogen-bond donors (Lipinski definition) is 0. The third kappa shape index (κ3) is 2.30. The lowest BCUT2D eigenvalue weighted by Crippen LogP contribution is -2.24. The van der Waals surface area contributed by atoms with E-state index in [0.717, 1.165) is 41.7 Å². The fraction of sp³-hybridized carbons (Fsp3) is 0.632. The Hall–Kier alpha value is -1.22. The third-order valence-electron chi connectivity index (χ3n) is 6.17. The molecule has 1 saturated heterocycles. The minimum absolute atomic E-state index is 0.368. The van der Waals surface area contributed by atoms with Crippen molar-refractivity contribution in [3.63, 3.8) is 0 Å². The molecule has 22 heavy (non-hydrogen) atoms. The summed E-state index contributed by atoms with van der Waals surface area (Å²) < 4.78 is 10.9. The van der Waals surface area contributed by atoms with E-state index in [1.165, 1.54) is 44.3 Å². The molecule has 2 heterocycles. The molecule has 0 aromatic heterocycles. The Morgan fingerprint density at radius 1 is 1.09 bits per heavy atom. The summed E-state index contributed by atoms with van der Waals surface area (Å²) in [6, 6.07) is 6.38. The molecule has 3 unspecified atom stereocenters. The van der Waals surface area contributed by atoms with E-state index < -0.39 is 0 Å². The molecule has 117 valence electrons. The van der Waals surface area contributed by atoms with E-state index in [1.54, 1.807) is 0 Å². The number of ether oxygens (including phenoxy) is 2. The highest BCUT2D eigenvalue weighted by atomic mass is 16.7. The summed E-state index contributed by atoms with van der Waals surface area (Å²) in [5.74, 6) is 5.85. The van der Waals surface area contributed by atoms with Crippen LogP contribution < -0.4 is 9.47 Å². The van der Waals surface area contributed by atoms with Gasteiger partial charge in [-0.3, -0.25) is 4.90 Å². The van der Waals surface area contributed by atoms with Gasteiger partial charge in [0.25, 0.3) is 0 Å². The van der Waals surface area contributed by atoms with E-state index in [4.69, 9.17) is 9.47 Å². The number of rotatable bonds is 4. The number of benzene rings is 1. The van der Waals surface area contributed by atoms with Crippen molar-refractivity contribution in [2.24, 2.45) is 23.7 Å². The van der Waals surface area contributed by atoms with Crippen LogP contribution in [0.4, 0.5) is 0 Å². The first-order valence-corrected chi connectivity index (χ1v) is 8.79. The molecule has 3 atom stereocenters. The highest BCUT2D eigenvalue weighted by molar-refractivity contribution is 5.44. The Morgan fingerprint density at radius 3 is 2.77 bits per heavy atom. The zero-order valence-corrected chi connectivity index (χ0v) is 13.0. The van der Waals surface area contributed by atoms with Crippen LogP contribution in [0.15, 0.2) is 18.2 Å². The zero-order valence-electron chi connectivity index (χ0n) is 13.0. The summed E-state index contributed by atoms with van der Waals surface area (Å²) in [7, 11) is 0. The van der Waals surface area contributed by atoms with E-state index in [0.29, 0.717) is 6.79 Å². The van der Waals surface area contributed by atoms with Crippen LogP contribution in [0.1, 0.15) is 31.2 Å². The van der Waals surface area contributed by atoms with Gasteiger partial charge in [0.05, 0.1) is 0 Å². The molecule has 3 nitrogen and oxygen atoms in total. The number of likely N-dealkylation sites (tertiary alicyclic amines) is 1. The molecule has 1 aromatic carbocycles. The van der Waals surface area contributed by atoms with Gasteiger partial charge in [0.15, 0.2) is 11.5 Å². The van der Waals surface area contributed by atoms with E-state index in [-0.39, 0.29) is 0 Å². The molecule has 0 N–H and O–H groups in total. The largest absolute Gasteiger partial charge is 0.454 e. The molecule has 5 rings (SSSR count). The van der Waals surface area contributed by atoms with Crippen molar-refractivity contribution in [2.45, 2.75) is 32.2 Å². The van der Waals surface area contributed by atoms with Gasteiger partial charge >= 0.3 is 0 Å². The third-order valence-corrected chi connectivity index (χ3v) is 6.17. The smallest absolute Gasteiger partial charge is 0.231 e. The van der Waals surface area contributed by atoms with Crippen molar-refractivity contribution < 1.29 is 9.47 Å². The Morgan fingerprint density at radius 2 is 1.95 bits per heavy atom. The van der Waals surface area contributed by atoms with E-state index in [1.807, 2.05) is 6.07 Å². The first kappa shape index (κ1) is 13.2.